The second kappa shape index (κ2) is 11.1. The first kappa shape index (κ1) is 26.7. The molecule has 4 aromatic rings. The Morgan fingerprint density at radius 3 is 1.56 bits per heavy atom. The van der Waals surface area contributed by atoms with Gasteiger partial charge in [-0.2, -0.15) is 0 Å². The molecule has 0 N–H and O–H groups in total. The summed E-state index contributed by atoms with van der Waals surface area (Å²) in [6.07, 6.45) is -0.387. The van der Waals surface area contributed by atoms with Crippen molar-refractivity contribution < 1.29 is 14.2 Å². The zero-order valence-electron chi connectivity index (χ0n) is 23.4. The molecule has 0 radical (unpaired) electrons. The molecule has 0 spiro atoms. The minimum atomic E-state index is -0.808. The largest absolute Gasteiger partial charge is 0.497 e. The van der Waals surface area contributed by atoms with Crippen LogP contribution in [0.2, 0.25) is 0 Å². The molecule has 1 heterocycles. The van der Waals surface area contributed by atoms with Crippen molar-refractivity contribution in [2.75, 3.05) is 7.11 Å². The topological polar surface area (TPSA) is 40.0 Å². The maximum Gasteiger partial charge on any atom is 0.196 e. The molecule has 4 nitrogen and oxygen atoms in total. The summed E-state index contributed by atoms with van der Waals surface area (Å²) in [7, 11) is 1.66. The summed E-state index contributed by atoms with van der Waals surface area (Å²) in [5, 5.41) is 0. The van der Waals surface area contributed by atoms with Crippen LogP contribution >= 0.6 is 0 Å². The average molecular weight is 520 g/mol. The predicted molar refractivity (Wildman–Crippen MR) is 158 cm³/mol. The van der Waals surface area contributed by atoms with Gasteiger partial charge in [-0.05, 0) is 53.3 Å². The summed E-state index contributed by atoms with van der Waals surface area (Å²) in [5.74, 6) is 1.65. The second-order valence-corrected chi connectivity index (χ2v) is 11.2. The monoisotopic (exact) mass is 519 g/mol. The summed E-state index contributed by atoms with van der Waals surface area (Å²) in [5.41, 5.74) is 3.20. The van der Waals surface area contributed by atoms with Gasteiger partial charge in [0.25, 0.3) is 0 Å². The van der Waals surface area contributed by atoms with Gasteiger partial charge in [-0.3, -0.25) is 0 Å². The predicted octanol–water partition coefficient (Wildman–Crippen LogP) is 8.18. The first-order chi connectivity index (χ1) is 18.8. The van der Waals surface area contributed by atoms with Crippen LogP contribution in [-0.4, -0.2) is 25.2 Å². The molecule has 1 saturated heterocycles. The Balaban J connectivity index is 1.54. The third-order valence-electron chi connectivity index (χ3n) is 7.46. The Morgan fingerprint density at radius 1 is 0.692 bits per heavy atom. The standard InChI is InChI=1S/C35H37NO3/c1-25(32-31(34(2,3)4)33(38-32)36-29-21-23-30(37-5)24-22-29)39-35(26-15-9-6-10-16-26,27-17-11-7-12-18-27)28-19-13-8-14-20-28/h6-25,31-32H,1-5H3/t25-,31+,32+/m0/s1. The second-order valence-electron chi connectivity index (χ2n) is 11.2. The number of methoxy groups -OCH3 is 1. The van der Waals surface area contributed by atoms with Gasteiger partial charge in [0.05, 0.1) is 24.8 Å². The summed E-state index contributed by atoms with van der Waals surface area (Å²) >= 11 is 0. The highest BCUT2D eigenvalue weighted by Gasteiger charge is 2.52. The van der Waals surface area contributed by atoms with Gasteiger partial charge in [0.15, 0.2) is 5.90 Å². The third kappa shape index (κ3) is 5.35. The summed E-state index contributed by atoms with van der Waals surface area (Å²) in [4.78, 5) is 4.87. The van der Waals surface area contributed by atoms with E-state index in [0.717, 1.165) is 34.0 Å². The van der Waals surface area contributed by atoms with Crippen LogP contribution in [-0.2, 0) is 15.1 Å². The van der Waals surface area contributed by atoms with Crippen LogP contribution in [0.3, 0.4) is 0 Å². The van der Waals surface area contributed by atoms with E-state index in [4.69, 9.17) is 19.2 Å². The molecule has 1 fully saturated rings. The summed E-state index contributed by atoms with van der Waals surface area (Å²) in [6.45, 7) is 8.84. The van der Waals surface area contributed by atoms with Gasteiger partial charge in [-0.15, -0.1) is 0 Å². The smallest absolute Gasteiger partial charge is 0.196 e. The number of hydrogen-bond donors (Lipinski definition) is 0. The number of benzene rings is 4. The Morgan fingerprint density at radius 2 is 1.15 bits per heavy atom. The number of aliphatic imine (C=N–C) groups is 1. The van der Waals surface area contributed by atoms with Crippen molar-refractivity contribution in [3.63, 3.8) is 0 Å². The van der Waals surface area contributed by atoms with Gasteiger partial charge < -0.3 is 14.2 Å². The molecule has 0 amide bonds. The van der Waals surface area contributed by atoms with E-state index in [-0.39, 0.29) is 23.5 Å². The normalized spacial score (nSPS) is 19.2. The fraction of sp³-hybridized carbons (Fsp3) is 0.286. The van der Waals surface area contributed by atoms with Gasteiger partial charge in [0, 0.05) is 0 Å². The molecule has 1 aliphatic rings. The van der Waals surface area contributed by atoms with Crippen LogP contribution in [0.4, 0.5) is 5.69 Å². The molecule has 3 atom stereocenters. The summed E-state index contributed by atoms with van der Waals surface area (Å²) in [6, 6.07) is 39.2. The minimum Gasteiger partial charge on any atom is -0.497 e. The molecule has 0 aromatic heterocycles. The molecule has 4 aromatic carbocycles. The van der Waals surface area contributed by atoms with E-state index in [1.807, 2.05) is 42.5 Å². The van der Waals surface area contributed by atoms with Crippen molar-refractivity contribution in [3.8, 4) is 5.75 Å². The third-order valence-corrected chi connectivity index (χ3v) is 7.46. The van der Waals surface area contributed by atoms with Crippen molar-refractivity contribution in [3.05, 3.63) is 132 Å². The molecule has 0 saturated carbocycles. The molecule has 200 valence electrons. The lowest BCUT2D eigenvalue weighted by Crippen LogP contribution is -2.58. The first-order valence-electron chi connectivity index (χ1n) is 13.6. The molecule has 39 heavy (non-hydrogen) atoms. The molecular weight excluding hydrogens is 482 g/mol. The highest BCUT2D eigenvalue weighted by molar-refractivity contribution is 5.87. The molecule has 0 aliphatic carbocycles. The van der Waals surface area contributed by atoms with Crippen molar-refractivity contribution in [1.82, 2.24) is 0 Å². The highest BCUT2D eigenvalue weighted by Crippen LogP contribution is 2.46. The first-order valence-corrected chi connectivity index (χ1v) is 13.6. The summed E-state index contributed by atoms with van der Waals surface area (Å²) < 4.78 is 19.0. The van der Waals surface area contributed by atoms with E-state index in [1.54, 1.807) is 7.11 Å². The van der Waals surface area contributed by atoms with E-state index in [9.17, 15) is 0 Å². The SMILES string of the molecule is COc1ccc(N=C2O[C@H]([C@H](C)OC(c3ccccc3)(c3ccccc3)c3ccccc3)[C@H]2C(C)(C)C)cc1. The number of hydrogen-bond acceptors (Lipinski definition) is 4. The van der Waals surface area contributed by atoms with Crippen LogP contribution in [0.25, 0.3) is 0 Å². The quantitative estimate of drug-likeness (QED) is 0.220. The molecule has 5 rings (SSSR count). The number of rotatable bonds is 8. The van der Waals surface area contributed by atoms with Crippen LogP contribution in [0, 0.1) is 11.3 Å². The lowest BCUT2D eigenvalue weighted by Gasteiger charge is -2.50. The van der Waals surface area contributed by atoms with Crippen molar-refractivity contribution in [2.45, 2.75) is 45.5 Å². The molecule has 0 bridgehead atoms. The number of nitrogens with zero attached hydrogens (tertiary/aromatic N) is 1. The van der Waals surface area contributed by atoms with Crippen molar-refractivity contribution in [2.24, 2.45) is 16.3 Å². The Kier molecular flexibility index (Phi) is 7.58. The fourth-order valence-corrected chi connectivity index (χ4v) is 5.53. The van der Waals surface area contributed by atoms with Crippen LogP contribution in [0.5, 0.6) is 5.75 Å². The van der Waals surface area contributed by atoms with E-state index in [0.29, 0.717) is 0 Å². The average Bonchev–Trinajstić information content (AvgIpc) is 2.94. The Labute approximate surface area is 232 Å². The van der Waals surface area contributed by atoms with Crippen LogP contribution < -0.4 is 4.74 Å². The molecule has 4 heteroatoms. The van der Waals surface area contributed by atoms with Crippen LogP contribution in [0.15, 0.2) is 120 Å². The van der Waals surface area contributed by atoms with Crippen molar-refractivity contribution in [1.29, 1.82) is 0 Å². The van der Waals surface area contributed by atoms with Gasteiger partial charge >= 0.3 is 0 Å². The molecule has 1 aliphatic heterocycles. The maximum atomic E-state index is 7.26. The Hall–Kier alpha value is -3.89. The van der Waals surface area contributed by atoms with Gasteiger partial charge in [0.2, 0.25) is 0 Å². The van der Waals surface area contributed by atoms with E-state index in [2.05, 4.69) is 100 Å². The zero-order valence-corrected chi connectivity index (χ0v) is 23.4. The van der Waals surface area contributed by atoms with E-state index in [1.165, 1.54) is 0 Å². The lowest BCUT2D eigenvalue weighted by molar-refractivity contribution is -0.138. The molecule has 0 unspecified atom stereocenters. The minimum absolute atomic E-state index is 0.0687. The van der Waals surface area contributed by atoms with E-state index < -0.39 is 5.60 Å². The van der Waals surface area contributed by atoms with Gasteiger partial charge in [-0.25, -0.2) is 4.99 Å². The maximum absolute atomic E-state index is 7.26. The fourth-order valence-electron chi connectivity index (χ4n) is 5.53. The highest BCUT2D eigenvalue weighted by atomic mass is 16.6. The van der Waals surface area contributed by atoms with Crippen LogP contribution in [0.1, 0.15) is 44.4 Å². The molecular formula is C35H37NO3. The van der Waals surface area contributed by atoms with E-state index >= 15 is 0 Å². The lowest BCUT2D eigenvalue weighted by atomic mass is 9.72. The number of ether oxygens (including phenoxy) is 3. The van der Waals surface area contributed by atoms with Crippen molar-refractivity contribution >= 4 is 11.6 Å². The van der Waals surface area contributed by atoms with Gasteiger partial charge in [-0.1, -0.05) is 112 Å². The van der Waals surface area contributed by atoms with Gasteiger partial charge in [0.1, 0.15) is 17.5 Å². The zero-order chi connectivity index (χ0) is 27.5. The Bertz CT molecular complexity index is 1280.